The zero-order valence-electron chi connectivity index (χ0n) is 11.2. The number of hydrogen-bond donors (Lipinski definition) is 1. The Morgan fingerprint density at radius 3 is 2.82 bits per heavy atom. The highest BCUT2D eigenvalue weighted by molar-refractivity contribution is 8.14. The molecule has 0 spiro atoms. The van der Waals surface area contributed by atoms with E-state index in [9.17, 15) is 0 Å². The van der Waals surface area contributed by atoms with Crippen molar-refractivity contribution in [3.8, 4) is 0 Å². The van der Waals surface area contributed by atoms with E-state index in [0.29, 0.717) is 10.7 Å². The molecular formula is C13H24N2S2. The van der Waals surface area contributed by atoms with Gasteiger partial charge < -0.3 is 5.32 Å². The van der Waals surface area contributed by atoms with Gasteiger partial charge in [-0.1, -0.05) is 32.5 Å². The molecule has 0 aromatic carbocycles. The van der Waals surface area contributed by atoms with Crippen LogP contribution in [-0.4, -0.2) is 34.5 Å². The first kappa shape index (κ1) is 13.6. The van der Waals surface area contributed by atoms with Crippen molar-refractivity contribution in [2.45, 2.75) is 50.5 Å². The normalized spacial score (nSPS) is 29.5. The topological polar surface area (TPSA) is 24.4 Å². The van der Waals surface area contributed by atoms with E-state index in [1.165, 1.54) is 30.2 Å². The minimum Gasteiger partial charge on any atom is -0.364 e. The van der Waals surface area contributed by atoms with Crippen molar-refractivity contribution in [1.29, 1.82) is 0 Å². The maximum atomic E-state index is 4.62. The quantitative estimate of drug-likeness (QED) is 0.852. The monoisotopic (exact) mass is 272 g/mol. The number of nitrogens with zero attached hydrogens (tertiary/aromatic N) is 1. The largest absolute Gasteiger partial charge is 0.364 e. The molecule has 0 amide bonds. The Balaban J connectivity index is 1.66. The molecule has 17 heavy (non-hydrogen) atoms. The Labute approximate surface area is 114 Å². The van der Waals surface area contributed by atoms with E-state index in [4.69, 9.17) is 0 Å². The summed E-state index contributed by atoms with van der Waals surface area (Å²) >= 11 is 4.06. The predicted octanol–water partition coefficient (Wildman–Crippen LogP) is 3.38. The standard InChI is InChI=1S/C13H24N2S2/c1-13(2,3)7-11-9-15-12(17-11)14-8-10-5-4-6-16-10/h10-11H,4-9H2,1-3H3,(H,14,15). The molecule has 0 saturated carbocycles. The Hall–Kier alpha value is 0.170. The lowest BCUT2D eigenvalue weighted by Crippen LogP contribution is -2.27. The lowest BCUT2D eigenvalue weighted by molar-refractivity contribution is 0.375. The zero-order chi connectivity index (χ0) is 12.3. The number of aliphatic imine (C=N–C) groups is 1. The molecule has 2 unspecified atom stereocenters. The maximum Gasteiger partial charge on any atom is 0.156 e. The first-order valence-electron chi connectivity index (χ1n) is 6.59. The molecule has 4 heteroatoms. The van der Waals surface area contributed by atoms with Gasteiger partial charge in [-0.15, -0.1) is 0 Å². The highest BCUT2D eigenvalue weighted by atomic mass is 32.2. The lowest BCUT2D eigenvalue weighted by atomic mass is 9.90. The first-order chi connectivity index (χ1) is 8.03. The molecule has 98 valence electrons. The van der Waals surface area contributed by atoms with Gasteiger partial charge in [-0.2, -0.15) is 11.8 Å². The molecule has 2 rings (SSSR count). The predicted molar refractivity (Wildman–Crippen MR) is 81.2 cm³/mol. The van der Waals surface area contributed by atoms with Crippen LogP contribution >= 0.6 is 23.5 Å². The van der Waals surface area contributed by atoms with Crippen LogP contribution in [0, 0.1) is 5.41 Å². The molecule has 2 nitrogen and oxygen atoms in total. The van der Waals surface area contributed by atoms with Crippen LogP contribution in [0.2, 0.25) is 0 Å². The van der Waals surface area contributed by atoms with E-state index >= 15 is 0 Å². The second kappa shape index (κ2) is 5.87. The maximum absolute atomic E-state index is 4.62. The SMILES string of the molecule is CC(C)(C)CC1CN=C(NCC2CCCS2)S1. The summed E-state index contributed by atoms with van der Waals surface area (Å²) in [5.41, 5.74) is 0.421. The van der Waals surface area contributed by atoms with Gasteiger partial charge in [0.05, 0.1) is 6.54 Å². The van der Waals surface area contributed by atoms with Crippen LogP contribution < -0.4 is 5.32 Å². The fraction of sp³-hybridized carbons (Fsp3) is 0.923. The molecule has 0 bridgehead atoms. The van der Waals surface area contributed by atoms with Gasteiger partial charge >= 0.3 is 0 Å². The van der Waals surface area contributed by atoms with E-state index in [1.54, 1.807) is 0 Å². The van der Waals surface area contributed by atoms with E-state index in [0.717, 1.165) is 18.3 Å². The average molecular weight is 272 g/mol. The summed E-state index contributed by atoms with van der Waals surface area (Å²) < 4.78 is 0. The molecule has 2 atom stereocenters. The van der Waals surface area contributed by atoms with E-state index < -0.39 is 0 Å². The zero-order valence-corrected chi connectivity index (χ0v) is 12.8. The second-order valence-electron chi connectivity index (χ2n) is 6.17. The van der Waals surface area contributed by atoms with Gasteiger partial charge in [-0.05, 0) is 30.4 Å². The number of hydrogen-bond acceptors (Lipinski definition) is 4. The van der Waals surface area contributed by atoms with Crippen molar-refractivity contribution in [3.05, 3.63) is 0 Å². The van der Waals surface area contributed by atoms with Crippen LogP contribution in [0.5, 0.6) is 0 Å². The molecule has 1 N–H and O–H groups in total. The van der Waals surface area contributed by atoms with Crippen molar-refractivity contribution >= 4 is 28.7 Å². The second-order valence-corrected chi connectivity index (χ2v) is 8.86. The van der Waals surface area contributed by atoms with Crippen molar-refractivity contribution in [3.63, 3.8) is 0 Å². The van der Waals surface area contributed by atoms with Gasteiger partial charge in [0.2, 0.25) is 0 Å². The third kappa shape index (κ3) is 4.74. The van der Waals surface area contributed by atoms with Crippen LogP contribution in [0.4, 0.5) is 0 Å². The van der Waals surface area contributed by atoms with Gasteiger partial charge in [0, 0.05) is 17.0 Å². The van der Waals surface area contributed by atoms with Crippen molar-refractivity contribution in [2.75, 3.05) is 18.8 Å². The molecule has 0 aromatic rings. The summed E-state index contributed by atoms with van der Waals surface area (Å²) in [4.78, 5) is 4.62. The summed E-state index contributed by atoms with van der Waals surface area (Å²) in [6.07, 6.45) is 4.02. The summed E-state index contributed by atoms with van der Waals surface area (Å²) in [7, 11) is 0. The molecule has 1 saturated heterocycles. The molecule has 2 aliphatic heterocycles. The van der Waals surface area contributed by atoms with Crippen LogP contribution in [0.15, 0.2) is 4.99 Å². The summed E-state index contributed by atoms with van der Waals surface area (Å²) in [5, 5.41) is 6.23. The van der Waals surface area contributed by atoms with Crippen LogP contribution in [0.1, 0.15) is 40.0 Å². The Morgan fingerprint density at radius 1 is 1.35 bits per heavy atom. The van der Waals surface area contributed by atoms with Crippen LogP contribution in [0.25, 0.3) is 0 Å². The van der Waals surface area contributed by atoms with Crippen molar-refractivity contribution < 1.29 is 0 Å². The van der Waals surface area contributed by atoms with Crippen LogP contribution in [-0.2, 0) is 0 Å². The number of amidine groups is 1. The third-order valence-corrected chi connectivity index (χ3v) is 5.61. The average Bonchev–Trinajstić information content (AvgIpc) is 2.82. The molecule has 2 heterocycles. The van der Waals surface area contributed by atoms with E-state index in [2.05, 4.69) is 42.8 Å². The minimum atomic E-state index is 0.421. The van der Waals surface area contributed by atoms with Crippen LogP contribution in [0.3, 0.4) is 0 Å². The molecule has 1 fully saturated rings. The first-order valence-corrected chi connectivity index (χ1v) is 8.52. The molecule has 0 aliphatic carbocycles. The molecule has 2 aliphatic rings. The lowest BCUT2D eigenvalue weighted by Gasteiger charge is -2.21. The Bertz CT molecular complexity index is 278. The summed E-state index contributed by atoms with van der Waals surface area (Å²) in [6.45, 7) is 9.05. The Kier molecular flexibility index (Phi) is 4.70. The highest BCUT2D eigenvalue weighted by Gasteiger charge is 2.25. The van der Waals surface area contributed by atoms with Gasteiger partial charge in [-0.25, -0.2) is 0 Å². The molecular weight excluding hydrogens is 248 g/mol. The smallest absolute Gasteiger partial charge is 0.156 e. The summed E-state index contributed by atoms with van der Waals surface area (Å²) in [6, 6.07) is 0. The van der Waals surface area contributed by atoms with Gasteiger partial charge in [0.15, 0.2) is 5.17 Å². The van der Waals surface area contributed by atoms with E-state index in [-0.39, 0.29) is 0 Å². The number of rotatable bonds is 3. The fourth-order valence-electron chi connectivity index (χ4n) is 2.31. The highest BCUT2D eigenvalue weighted by Crippen LogP contribution is 2.32. The third-order valence-electron chi connectivity index (χ3n) is 3.06. The van der Waals surface area contributed by atoms with Gasteiger partial charge in [0.1, 0.15) is 0 Å². The molecule has 0 aromatic heterocycles. The number of nitrogens with one attached hydrogen (secondary N) is 1. The van der Waals surface area contributed by atoms with Gasteiger partial charge in [-0.3, -0.25) is 4.99 Å². The van der Waals surface area contributed by atoms with Crippen molar-refractivity contribution in [2.24, 2.45) is 10.4 Å². The van der Waals surface area contributed by atoms with Gasteiger partial charge in [0.25, 0.3) is 0 Å². The number of thioether (sulfide) groups is 2. The fourth-order valence-corrected chi connectivity index (χ4v) is 4.88. The minimum absolute atomic E-state index is 0.421. The molecule has 0 radical (unpaired) electrons. The van der Waals surface area contributed by atoms with Crippen molar-refractivity contribution in [1.82, 2.24) is 5.32 Å². The van der Waals surface area contributed by atoms with E-state index in [1.807, 2.05) is 11.8 Å². The Morgan fingerprint density at radius 2 is 2.18 bits per heavy atom. The summed E-state index contributed by atoms with van der Waals surface area (Å²) in [5.74, 6) is 1.35.